The van der Waals surface area contributed by atoms with Crippen molar-refractivity contribution in [3.05, 3.63) is 124 Å². The van der Waals surface area contributed by atoms with Crippen LogP contribution in [0.4, 0.5) is 11.4 Å². The van der Waals surface area contributed by atoms with E-state index >= 15 is 0 Å². The fourth-order valence-corrected chi connectivity index (χ4v) is 13.6. The standard InChI is InChI=1S/C21H31NSi.C20H25NSi.CH3.2ClH.Ti/c1-15-10-16(2)13-19(12-15)22(4)23(5,6)21-9-7-8-18-11-17(3)14-20(18)21;1-14-9-15(2)12-18(11-14)21-22(4,5)20-8-6-7-17-10-16(3)13-19(17)20;;;;/h7-10,12-13,17-18,20H,11,14H2,1-6H3;6-12,21H,13H2,1-5H3;1H3;2*1H;/q;;-1;;;+2/p-2. The number of allylic oxidation sites excluding steroid dienone is 5. The molecule has 1 saturated carbocycles. The molecule has 3 aromatic carbocycles. The van der Waals surface area contributed by atoms with E-state index in [1.54, 1.807) is 5.20 Å². The van der Waals surface area contributed by atoms with Crippen molar-refractivity contribution < 1.29 is 17.0 Å². The Morgan fingerprint density at radius 3 is 2.00 bits per heavy atom. The van der Waals surface area contributed by atoms with Gasteiger partial charge in [0.1, 0.15) is 0 Å². The summed E-state index contributed by atoms with van der Waals surface area (Å²) < 4.78 is 2.61. The summed E-state index contributed by atoms with van der Waals surface area (Å²) in [5, 5.41) is 3.29. The first-order valence-electron chi connectivity index (χ1n) is 17.4. The van der Waals surface area contributed by atoms with E-state index in [0.717, 1.165) is 24.2 Å². The first-order valence-corrected chi connectivity index (χ1v) is 27.6. The Bertz CT molecular complexity index is 1650. The van der Waals surface area contributed by atoms with Gasteiger partial charge in [-0.2, -0.15) is 0 Å². The molecule has 0 bridgehead atoms. The van der Waals surface area contributed by atoms with Gasteiger partial charge in [0.25, 0.3) is 0 Å². The number of rotatable bonds is 6. The molecular formula is C42H59Cl2N2Si2Ti-. The maximum absolute atomic E-state index is 4.89. The number of nitrogens with one attached hydrogen (secondary N) is 1. The Morgan fingerprint density at radius 2 is 1.41 bits per heavy atom. The molecule has 1 fully saturated rings. The SMILES string of the molecule is CC1=Cc2cccc([Si](C)(C)Nc3cc(C)cc(C)c3)c2C1.Cc1cc(C)cc(N(C)[Si](C)(C)C2=CC=CC3CC(C)CC23)c1.[CH3-].[Cl][Ti][Cl]. The predicted octanol–water partition coefficient (Wildman–Crippen LogP) is 12.3. The average molecular weight is 767 g/mol. The van der Waals surface area contributed by atoms with Crippen molar-refractivity contribution in [3.8, 4) is 0 Å². The molecule has 0 aromatic heterocycles. The van der Waals surface area contributed by atoms with E-state index in [1.165, 1.54) is 68.4 Å². The first kappa shape index (κ1) is 41.6. The van der Waals surface area contributed by atoms with E-state index in [2.05, 4.69) is 163 Å². The van der Waals surface area contributed by atoms with Gasteiger partial charge in [-0.05, 0) is 168 Å². The van der Waals surface area contributed by atoms with Gasteiger partial charge in [0.15, 0.2) is 16.5 Å². The number of benzene rings is 3. The molecule has 6 rings (SSSR count). The van der Waals surface area contributed by atoms with E-state index in [4.69, 9.17) is 18.6 Å². The fourth-order valence-electron chi connectivity index (χ4n) is 8.24. The summed E-state index contributed by atoms with van der Waals surface area (Å²) in [6.07, 6.45) is 13.4. The molecule has 49 heavy (non-hydrogen) atoms. The van der Waals surface area contributed by atoms with Crippen molar-refractivity contribution in [2.75, 3.05) is 16.6 Å². The number of hydrogen-bond donors (Lipinski definition) is 1. The second-order valence-corrected chi connectivity index (χ2v) is 26.5. The van der Waals surface area contributed by atoms with Crippen LogP contribution in [0, 0.1) is 52.9 Å². The average Bonchev–Trinajstić information content (AvgIpc) is 3.56. The van der Waals surface area contributed by atoms with Crippen molar-refractivity contribution >= 4 is 57.7 Å². The van der Waals surface area contributed by atoms with E-state index in [-0.39, 0.29) is 7.43 Å². The van der Waals surface area contributed by atoms with Crippen LogP contribution in [0.15, 0.2) is 83.6 Å². The Labute approximate surface area is 318 Å². The number of aryl methyl sites for hydroxylation is 4. The monoisotopic (exact) mass is 765 g/mol. The van der Waals surface area contributed by atoms with Crippen LogP contribution < -0.4 is 14.7 Å². The summed E-state index contributed by atoms with van der Waals surface area (Å²) in [5.74, 6) is 2.43. The van der Waals surface area contributed by atoms with E-state index in [9.17, 15) is 0 Å². The van der Waals surface area contributed by atoms with Gasteiger partial charge in [0.05, 0.1) is 0 Å². The van der Waals surface area contributed by atoms with Gasteiger partial charge in [-0.15, -0.1) is 0 Å². The Hall–Kier alpha value is -1.79. The molecule has 0 saturated heterocycles. The van der Waals surface area contributed by atoms with Crippen molar-refractivity contribution in [2.24, 2.45) is 17.8 Å². The fraction of sp³-hybridized carbons (Fsp3) is 0.405. The number of halogens is 2. The molecule has 3 aromatic rings. The topological polar surface area (TPSA) is 15.3 Å². The second kappa shape index (κ2) is 17.6. The molecule has 3 aliphatic rings. The number of anilines is 2. The van der Waals surface area contributed by atoms with E-state index in [0.29, 0.717) is 0 Å². The molecule has 3 aliphatic carbocycles. The van der Waals surface area contributed by atoms with Gasteiger partial charge in [-0.1, -0.05) is 72.3 Å². The Balaban J connectivity index is 0.000000241. The molecule has 3 unspecified atom stereocenters. The second-order valence-electron chi connectivity index (χ2n) is 15.6. The van der Waals surface area contributed by atoms with Crippen LogP contribution >= 0.6 is 18.6 Å². The summed E-state index contributed by atoms with van der Waals surface area (Å²) in [4.78, 5) is 3.88. The van der Waals surface area contributed by atoms with Crippen LogP contribution in [0.5, 0.6) is 0 Å². The molecule has 1 N–H and O–H groups in total. The first-order chi connectivity index (χ1) is 22.5. The summed E-state index contributed by atoms with van der Waals surface area (Å²) in [6, 6.07) is 20.5. The zero-order chi connectivity index (χ0) is 35.4. The van der Waals surface area contributed by atoms with Crippen molar-refractivity contribution in [2.45, 2.75) is 87.0 Å². The number of fused-ring (bicyclic) bond motifs is 2. The molecule has 0 heterocycles. The van der Waals surface area contributed by atoms with Gasteiger partial charge in [0.2, 0.25) is 0 Å². The van der Waals surface area contributed by atoms with Gasteiger partial charge >= 0.3 is 35.6 Å². The molecule has 0 radical (unpaired) electrons. The zero-order valence-corrected chi connectivity index (χ0v) is 37.1. The summed E-state index contributed by atoms with van der Waals surface area (Å²) in [7, 11) is 8.69. The van der Waals surface area contributed by atoms with E-state index < -0.39 is 33.5 Å². The van der Waals surface area contributed by atoms with Gasteiger partial charge in [-0.3, -0.25) is 0 Å². The maximum atomic E-state index is 4.89. The molecule has 0 spiro atoms. The molecule has 0 aliphatic heterocycles. The summed E-state index contributed by atoms with van der Waals surface area (Å²) >= 11 is -0.556. The van der Waals surface area contributed by atoms with Crippen molar-refractivity contribution in [1.82, 2.24) is 0 Å². The van der Waals surface area contributed by atoms with Crippen LogP contribution in [0.25, 0.3) is 6.08 Å². The van der Waals surface area contributed by atoms with Crippen LogP contribution in [0.3, 0.4) is 0 Å². The Morgan fingerprint density at radius 1 is 0.837 bits per heavy atom. The van der Waals surface area contributed by atoms with E-state index in [1.807, 2.05) is 0 Å². The van der Waals surface area contributed by atoms with Gasteiger partial charge < -0.3 is 17.0 Å². The Kier molecular flexibility index (Phi) is 15.0. The quantitative estimate of drug-likeness (QED) is 0.199. The summed E-state index contributed by atoms with van der Waals surface area (Å²) in [6.45, 7) is 23.3. The molecule has 0 amide bonds. The number of hydrogen-bond acceptors (Lipinski definition) is 2. The molecule has 3 atom stereocenters. The third-order valence-electron chi connectivity index (χ3n) is 10.4. The number of nitrogens with zero attached hydrogens (tertiary/aromatic N) is 1. The van der Waals surface area contributed by atoms with Gasteiger partial charge in [-0.25, -0.2) is 0 Å². The third-order valence-corrected chi connectivity index (χ3v) is 17.1. The molecule has 264 valence electrons. The molecule has 2 nitrogen and oxygen atoms in total. The van der Waals surface area contributed by atoms with Crippen LogP contribution in [-0.2, 0) is 23.5 Å². The van der Waals surface area contributed by atoms with Crippen molar-refractivity contribution in [3.63, 3.8) is 0 Å². The third kappa shape index (κ3) is 10.4. The van der Waals surface area contributed by atoms with Gasteiger partial charge in [0, 0.05) is 11.4 Å². The normalized spacial score (nSPS) is 19.1. The van der Waals surface area contributed by atoms with Crippen LogP contribution in [-0.4, -0.2) is 23.5 Å². The van der Waals surface area contributed by atoms with Crippen LogP contribution in [0.1, 0.15) is 60.1 Å². The summed E-state index contributed by atoms with van der Waals surface area (Å²) in [5.41, 5.74) is 12.4. The predicted molar refractivity (Wildman–Crippen MR) is 223 cm³/mol. The minimum absolute atomic E-state index is 0. The van der Waals surface area contributed by atoms with Crippen molar-refractivity contribution in [1.29, 1.82) is 0 Å². The molecular weight excluding hydrogens is 707 g/mol. The minimum atomic E-state index is -1.74. The zero-order valence-electron chi connectivity index (χ0n) is 32.1. The molecule has 7 heteroatoms. The van der Waals surface area contributed by atoms with Crippen LogP contribution in [0.2, 0.25) is 26.2 Å².